The van der Waals surface area contributed by atoms with E-state index in [9.17, 15) is 0 Å². The largest absolute Gasteiger partial charge is 0.402 e. The minimum absolute atomic E-state index is 0.254. The number of nitrogens with two attached hydrogens (primary N) is 2. The molecular weight excluding hydrogens is 356 g/mol. The van der Waals surface area contributed by atoms with E-state index >= 15 is 0 Å². The van der Waals surface area contributed by atoms with Crippen molar-refractivity contribution in [3.8, 4) is 0 Å². The Morgan fingerprint density at radius 2 is 1.97 bits per heavy atom. The number of benzene rings is 1. The zero-order valence-corrected chi connectivity index (χ0v) is 17.5. The lowest BCUT2D eigenvalue weighted by Gasteiger charge is -2.14. The molecule has 152 valence electrons. The Balaban J connectivity index is 1.83. The third-order valence-electron chi connectivity index (χ3n) is 5.93. The molecule has 0 aromatic heterocycles. The predicted octanol–water partition coefficient (Wildman–Crippen LogP) is 4.36. The molecule has 29 heavy (non-hydrogen) atoms. The zero-order chi connectivity index (χ0) is 21.1. The molecule has 6 N–H and O–H groups in total. The Morgan fingerprint density at radius 1 is 1.24 bits per heavy atom. The van der Waals surface area contributed by atoms with Gasteiger partial charge in [-0.2, -0.15) is 0 Å². The number of hydrogen-bond acceptors (Lipinski definition) is 4. The van der Waals surface area contributed by atoms with E-state index in [-0.39, 0.29) is 6.04 Å². The molecule has 0 spiro atoms. The molecule has 0 saturated heterocycles. The molecule has 1 saturated carbocycles. The molecule has 3 rings (SSSR count). The highest BCUT2D eigenvalue weighted by Gasteiger charge is 2.27. The summed E-state index contributed by atoms with van der Waals surface area (Å²) in [5.74, 6) is 0.552. The molecule has 1 unspecified atom stereocenters. The first-order valence-electron chi connectivity index (χ1n) is 10.2. The van der Waals surface area contributed by atoms with Crippen LogP contribution in [0.15, 0.2) is 54.0 Å². The van der Waals surface area contributed by atoms with E-state index in [4.69, 9.17) is 16.9 Å². The summed E-state index contributed by atoms with van der Waals surface area (Å²) in [6, 6.07) is 2.50. The summed E-state index contributed by atoms with van der Waals surface area (Å²) in [4.78, 5) is 0. The van der Waals surface area contributed by atoms with Gasteiger partial charge in [0, 0.05) is 23.7 Å². The number of hydrogen-bond donors (Lipinski definition) is 4. The molecule has 4 nitrogen and oxygen atoms in total. The van der Waals surface area contributed by atoms with E-state index in [2.05, 4.69) is 37.5 Å². The summed E-state index contributed by atoms with van der Waals surface area (Å²) in [6.07, 6.45) is 13.5. The van der Waals surface area contributed by atoms with Crippen LogP contribution in [-0.2, 0) is 12.8 Å². The van der Waals surface area contributed by atoms with Gasteiger partial charge < -0.3 is 22.2 Å². The highest BCUT2D eigenvalue weighted by Crippen LogP contribution is 2.37. The molecule has 1 aromatic rings. The van der Waals surface area contributed by atoms with Crippen molar-refractivity contribution in [3.63, 3.8) is 0 Å². The van der Waals surface area contributed by atoms with Gasteiger partial charge in [-0.3, -0.25) is 0 Å². The lowest BCUT2D eigenvalue weighted by Crippen LogP contribution is -2.29. The topological polar surface area (TPSA) is 87.9 Å². The van der Waals surface area contributed by atoms with Gasteiger partial charge in [0.25, 0.3) is 0 Å². The fourth-order valence-corrected chi connectivity index (χ4v) is 3.88. The first-order valence-corrected chi connectivity index (χ1v) is 10.2. The second-order valence-electron chi connectivity index (χ2n) is 8.16. The fourth-order valence-electron chi connectivity index (χ4n) is 3.88. The van der Waals surface area contributed by atoms with Crippen molar-refractivity contribution in [2.75, 3.05) is 0 Å². The van der Waals surface area contributed by atoms with Gasteiger partial charge in [-0.25, -0.2) is 0 Å². The molecule has 4 heteroatoms. The molecular formula is C25H32N4. The van der Waals surface area contributed by atoms with Crippen LogP contribution in [0.1, 0.15) is 47.6 Å². The minimum atomic E-state index is 0.254. The van der Waals surface area contributed by atoms with E-state index in [1.165, 1.54) is 41.3 Å². The van der Waals surface area contributed by atoms with Gasteiger partial charge in [-0.1, -0.05) is 31.4 Å². The van der Waals surface area contributed by atoms with Crippen molar-refractivity contribution in [2.45, 2.75) is 45.6 Å². The Hall–Kier alpha value is -3.01. The highest BCUT2D eigenvalue weighted by molar-refractivity contribution is 5.76. The molecule has 0 bridgehead atoms. The van der Waals surface area contributed by atoms with Crippen LogP contribution in [0.25, 0.3) is 12.2 Å². The Kier molecular flexibility index (Phi) is 6.12. The van der Waals surface area contributed by atoms with E-state index in [1.54, 1.807) is 0 Å². The summed E-state index contributed by atoms with van der Waals surface area (Å²) in [7, 11) is 0. The van der Waals surface area contributed by atoms with Crippen molar-refractivity contribution in [2.24, 2.45) is 17.4 Å². The quantitative estimate of drug-likeness (QED) is 0.394. The maximum absolute atomic E-state index is 7.73. The average molecular weight is 389 g/mol. The Morgan fingerprint density at radius 3 is 2.55 bits per heavy atom. The molecule has 1 aromatic carbocycles. The van der Waals surface area contributed by atoms with Crippen molar-refractivity contribution in [1.82, 2.24) is 5.32 Å². The van der Waals surface area contributed by atoms with E-state index in [0.29, 0.717) is 11.6 Å². The molecule has 1 atom stereocenters. The lowest BCUT2D eigenvalue weighted by atomic mass is 9.92. The fraction of sp³-hybridized carbons (Fsp3) is 0.320. The van der Waals surface area contributed by atoms with Gasteiger partial charge in [-0.15, -0.1) is 0 Å². The Bertz CT molecular complexity index is 942. The third kappa shape index (κ3) is 4.70. The van der Waals surface area contributed by atoms with Crippen LogP contribution in [0.5, 0.6) is 0 Å². The molecule has 1 fully saturated rings. The van der Waals surface area contributed by atoms with E-state index < -0.39 is 0 Å². The summed E-state index contributed by atoms with van der Waals surface area (Å²) in [5.41, 5.74) is 21.6. The highest BCUT2D eigenvalue weighted by atomic mass is 14.9. The molecule has 2 aliphatic rings. The van der Waals surface area contributed by atoms with Crippen LogP contribution < -0.4 is 16.8 Å². The van der Waals surface area contributed by atoms with Crippen LogP contribution in [0.3, 0.4) is 0 Å². The van der Waals surface area contributed by atoms with Gasteiger partial charge in [0.2, 0.25) is 0 Å². The first-order chi connectivity index (χ1) is 13.8. The molecule has 0 radical (unpaired) electrons. The normalized spacial score (nSPS) is 19.7. The SMILES string of the molecule is C=Cc1cc2c(c(C)c1/C=C(\N)C1CC1)CC(N/C(C=N)=C/C=C(\C)C(=C)N)C2. The van der Waals surface area contributed by atoms with Crippen molar-refractivity contribution in [3.05, 3.63) is 81.9 Å². The van der Waals surface area contributed by atoms with Crippen LogP contribution in [0.4, 0.5) is 0 Å². The molecule has 2 aliphatic carbocycles. The molecule has 0 heterocycles. The minimum Gasteiger partial charge on any atom is -0.402 e. The standard InChI is InChI=1S/C25H32N4/c1-5-18-10-20-11-22(29-21(14-26)9-6-15(2)17(4)27)12-23(20)16(3)24(18)13-25(28)19-7-8-19/h5-6,9-10,13-14,19,22,26,29H,1,4,7-8,11-12,27-28H2,2-3H3/b15-6+,21-9+,25-13-,26-14?. The Labute approximate surface area is 174 Å². The van der Waals surface area contributed by atoms with Gasteiger partial charge in [0.1, 0.15) is 0 Å². The van der Waals surface area contributed by atoms with Crippen LogP contribution >= 0.6 is 0 Å². The number of fused-ring (bicyclic) bond motifs is 1. The number of rotatable bonds is 8. The summed E-state index contributed by atoms with van der Waals surface area (Å²) >= 11 is 0. The van der Waals surface area contributed by atoms with Gasteiger partial charge >= 0.3 is 0 Å². The second kappa shape index (κ2) is 8.56. The monoisotopic (exact) mass is 388 g/mol. The maximum atomic E-state index is 7.73. The smallest absolute Gasteiger partial charge is 0.0521 e. The van der Waals surface area contributed by atoms with E-state index in [0.717, 1.165) is 35.4 Å². The van der Waals surface area contributed by atoms with Gasteiger partial charge in [0.15, 0.2) is 0 Å². The molecule has 0 aliphatic heterocycles. The molecule has 0 amide bonds. The first kappa shape index (κ1) is 20.7. The van der Waals surface area contributed by atoms with Gasteiger partial charge in [-0.05, 0) is 91.0 Å². The number of allylic oxidation sites excluding steroid dienone is 5. The van der Waals surface area contributed by atoms with Crippen molar-refractivity contribution >= 4 is 18.4 Å². The number of nitrogens with one attached hydrogen (secondary N) is 2. The van der Waals surface area contributed by atoms with Crippen molar-refractivity contribution < 1.29 is 0 Å². The van der Waals surface area contributed by atoms with Gasteiger partial charge in [0.05, 0.1) is 5.70 Å². The van der Waals surface area contributed by atoms with E-state index in [1.807, 2.05) is 25.2 Å². The average Bonchev–Trinajstić information content (AvgIpc) is 3.47. The zero-order valence-electron chi connectivity index (χ0n) is 17.5. The summed E-state index contributed by atoms with van der Waals surface area (Å²) < 4.78 is 0. The summed E-state index contributed by atoms with van der Waals surface area (Å²) in [6.45, 7) is 11.9. The van der Waals surface area contributed by atoms with Crippen LogP contribution in [-0.4, -0.2) is 12.3 Å². The maximum Gasteiger partial charge on any atom is 0.0521 e. The predicted molar refractivity (Wildman–Crippen MR) is 124 cm³/mol. The summed E-state index contributed by atoms with van der Waals surface area (Å²) in [5, 5.41) is 11.2. The second-order valence-corrected chi connectivity index (χ2v) is 8.16. The van der Waals surface area contributed by atoms with Crippen molar-refractivity contribution in [1.29, 1.82) is 5.41 Å². The lowest BCUT2D eigenvalue weighted by molar-refractivity contribution is 0.609. The van der Waals surface area contributed by atoms with Crippen LogP contribution in [0, 0.1) is 18.3 Å². The third-order valence-corrected chi connectivity index (χ3v) is 5.93. The van der Waals surface area contributed by atoms with Crippen LogP contribution in [0.2, 0.25) is 0 Å².